The van der Waals surface area contributed by atoms with E-state index in [0.717, 1.165) is 35.0 Å². The van der Waals surface area contributed by atoms with Crippen molar-refractivity contribution in [2.24, 2.45) is 5.92 Å². The highest BCUT2D eigenvalue weighted by atomic mass is 32.1. The lowest BCUT2D eigenvalue weighted by Gasteiger charge is -2.29. The quantitative estimate of drug-likeness (QED) is 0.866. The van der Waals surface area contributed by atoms with Crippen LogP contribution < -0.4 is 0 Å². The van der Waals surface area contributed by atoms with Crippen LogP contribution in [0.1, 0.15) is 48.2 Å². The van der Waals surface area contributed by atoms with E-state index in [0.29, 0.717) is 12.0 Å². The summed E-state index contributed by atoms with van der Waals surface area (Å²) in [5.74, 6) is 0.848. The number of nitrogens with zero attached hydrogens (tertiary/aromatic N) is 4. The van der Waals surface area contributed by atoms with Gasteiger partial charge in [-0.1, -0.05) is 12.8 Å². The monoisotopic (exact) mass is 328 g/mol. The van der Waals surface area contributed by atoms with E-state index in [1.165, 1.54) is 37.0 Å². The Morgan fingerprint density at radius 1 is 1.09 bits per heavy atom. The molecule has 23 heavy (non-hydrogen) atoms. The van der Waals surface area contributed by atoms with Gasteiger partial charge in [-0.05, 0) is 31.6 Å². The topological polar surface area (TPSA) is 59.0 Å². The Balaban J connectivity index is 1.53. The van der Waals surface area contributed by atoms with Crippen LogP contribution in [0.4, 0.5) is 0 Å². The van der Waals surface area contributed by atoms with Crippen LogP contribution in [-0.4, -0.2) is 38.3 Å². The van der Waals surface area contributed by atoms with Crippen LogP contribution in [0.25, 0.3) is 10.7 Å². The van der Waals surface area contributed by atoms with Crippen molar-refractivity contribution in [2.45, 2.75) is 44.6 Å². The summed E-state index contributed by atoms with van der Waals surface area (Å²) in [5.41, 5.74) is 0.727. The number of thiazole rings is 1. The van der Waals surface area contributed by atoms with Crippen molar-refractivity contribution >= 4 is 17.2 Å². The van der Waals surface area contributed by atoms with Crippen molar-refractivity contribution in [3.8, 4) is 10.7 Å². The first-order valence-corrected chi connectivity index (χ1v) is 9.18. The van der Waals surface area contributed by atoms with Gasteiger partial charge in [0, 0.05) is 25.0 Å². The Morgan fingerprint density at radius 2 is 1.96 bits per heavy atom. The van der Waals surface area contributed by atoms with Gasteiger partial charge in [0.25, 0.3) is 5.91 Å². The fourth-order valence-corrected chi connectivity index (χ4v) is 4.75. The van der Waals surface area contributed by atoms with Crippen LogP contribution in [0.3, 0.4) is 0 Å². The van der Waals surface area contributed by atoms with Crippen molar-refractivity contribution in [3.05, 3.63) is 29.7 Å². The maximum absolute atomic E-state index is 12.9. The molecule has 1 saturated carbocycles. The minimum atomic E-state index is 0.145. The zero-order valence-corrected chi connectivity index (χ0v) is 13.8. The Bertz CT molecular complexity index is 681. The maximum atomic E-state index is 12.9. The van der Waals surface area contributed by atoms with E-state index in [2.05, 4.69) is 19.9 Å². The molecule has 2 aromatic heterocycles. The molecule has 0 unspecified atom stereocenters. The molecule has 120 valence electrons. The molecule has 2 aliphatic rings. The molecule has 1 atom stereocenters. The fraction of sp³-hybridized carbons (Fsp3) is 0.529. The summed E-state index contributed by atoms with van der Waals surface area (Å²) >= 11 is 1.42. The highest BCUT2D eigenvalue weighted by molar-refractivity contribution is 7.16. The van der Waals surface area contributed by atoms with E-state index < -0.39 is 0 Å². The molecule has 4 rings (SSSR count). The number of hydrogen-bond acceptors (Lipinski definition) is 5. The summed E-state index contributed by atoms with van der Waals surface area (Å²) in [4.78, 5) is 28.4. The molecule has 2 fully saturated rings. The van der Waals surface area contributed by atoms with Gasteiger partial charge in [0.1, 0.15) is 15.6 Å². The molecule has 0 radical (unpaired) electrons. The molecule has 0 aromatic carbocycles. The highest BCUT2D eigenvalue weighted by Crippen LogP contribution is 2.36. The number of amides is 1. The van der Waals surface area contributed by atoms with E-state index >= 15 is 0 Å². The van der Waals surface area contributed by atoms with Gasteiger partial charge in [0.05, 0.1) is 12.4 Å². The third kappa shape index (κ3) is 2.87. The summed E-state index contributed by atoms with van der Waals surface area (Å²) in [5, 5.41) is 0.762. The normalized spacial score (nSPS) is 21.9. The van der Waals surface area contributed by atoms with E-state index in [1.807, 2.05) is 0 Å². The molecule has 2 aromatic rings. The number of hydrogen-bond donors (Lipinski definition) is 0. The van der Waals surface area contributed by atoms with Crippen molar-refractivity contribution < 1.29 is 4.79 Å². The molecule has 0 bridgehead atoms. The third-order valence-electron chi connectivity index (χ3n) is 5.00. The van der Waals surface area contributed by atoms with Crippen LogP contribution in [0.15, 0.2) is 24.8 Å². The van der Waals surface area contributed by atoms with Crippen molar-refractivity contribution in [1.29, 1.82) is 0 Å². The predicted octanol–water partition coefficient (Wildman–Crippen LogP) is 3.39. The summed E-state index contributed by atoms with van der Waals surface area (Å²) < 4.78 is 0. The largest absolute Gasteiger partial charge is 0.335 e. The molecule has 1 saturated heterocycles. The number of aromatic nitrogens is 3. The second-order valence-electron chi connectivity index (χ2n) is 6.37. The van der Waals surface area contributed by atoms with Gasteiger partial charge in [0.2, 0.25) is 0 Å². The second-order valence-corrected chi connectivity index (χ2v) is 7.40. The lowest BCUT2D eigenvalue weighted by atomic mass is 9.96. The van der Waals surface area contributed by atoms with Gasteiger partial charge in [-0.2, -0.15) is 0 Å². The van der Waals surface area contributed by atoms with Gasteiger partial charge in [-0.3, -0.25) is 14.8 Å². The number of carbonyl (C=O) groups excluding carboxylic acids is 1. The molecule has 1 aliphatic carbocycles. The molecule has 1 amide bonds. The summed E-state index contributed by atoms with van der Waals surface area (Å²) in [7, 11) is 0. The molecule has 6 heteroatoms. The molecule has 0 N–H and O–H groups in total. The molecular weight excluding hydrogens is 308 g/mol. The van der Waals surface area contributed by atoms with Gasteiger partial charge in [0.15, 0.2) is 0 Å². The number of rotatable bonds is 3. The second kappa shape index (κ2) is 6.35. The number of likely N-dealkylation sites (tertiary alicyclic amines) is 1. The van der Waals surface area contributed by atoms with Crippen molar-refractivity contribution in [3.63, 3.8) is 0 Å². The highest BCUT2D eigenvalue weighted by Gasteiger charge is 2.36. The average molecular weight is 328 g/mol. The van der Waals surface area contributed by atoms with Crippen molar-refractivity contribution in [2.75, 3.05) is 6.54 Å². The first kappa shape index (κ1) is 14.8. The summed E-state index contributed by atoms with van der Waals surface area (Å²) in [6.45, 7) is 0.887. The molecule has 5 nitrogen and oxygen atoms in total. The van der Waals surface area contributed by atoms with Crippen LogP contribution >= 0.6 is 11.3 Å². The standard InChI is InChI=1S/C17H20N4OS/c22-17(21-9-3-6-14(21)12-4-1-2-5-12)15-11-20-16(23-15)13-10-18-7-8-19-13/h7-8,10-12,14H,1-6,9H2/t14-/m1/s1. The Morgan fingerprint density at radius 3 is 2.74 bits per heavy atom. The van der Waals surface area contributed by atoms with Gasteiger partial charge >= 0.3 is 0 Å². The SMILES string of the molecule is O=C(c1cnc(-c2cnccn2)s1)N1CCC[C@@H]1C1CCCC1. The minimum absolute atomic E-state index is 0.145. The van der Waals surface area contributed by atoms with Gasteiger partial charge in [-0.25, -0.2) is 4.98 Å². The Labute approximate surface area is 139 Å². The number of carbonyl (C=O) groups is 1. The molecular formula is C17H20N4OS. The Kier molecular flexibility index (Phi) is 4.08. The lowest BCUT2D eigenvalue weighted by Crippen LogP contribution is -2.39. The smallest absolute Gasteiger partial charge is 0.265 e. The van der Waals surface area contributed by atoms with E-state index in [-0.39, 0.29) is 5.91 Å². The van der Waals surface area contributed by atoms with Crippen LogP contribution in [-0.2, 0) is 0 Å². The fourth-order valence-electron chi connectivity index (χ4n) is 3.92. The molecule has 0 spiro atoms. The van der Waals surface area contributed by atoms with E-state index in [4.69, 9.17) is 0 Å². The first-order valence-electron chi connectivity index (χ1n) is 8.36. The van der Waals surface area contributed by atoms with Gasteiger partial charge in [-0.15, -0.1) is 11.3 Å². The van der Waals surface area contributed by atoms with E-state index in [1.54, 1.807) is 24.8 Å². The summed E-state index contributed by atoms with van der Waals surface area (Å²) in [6, 6.07) is 0.437. The first-order chi connectivity index (χ1) is 11.3. The van der Waals surface area contributed by atoms with Crippen LogP contribution in [0.2, 0.25) is 0 Å². The average Bonchev–Trinajstić information content (AvgIpc) is 3.34. The molecule has 1 aliphatic heterocycles. The van der Waals surface area contributed by atoms with Gasteiger partial charge < -0.3 is 4.90 Å². The zero-order chi connectivity index (χ0) is 15.6. The van der Waals surface area contributed by atoms with E-state index in [9.17, 15) is 4.79 Å². The zero-order valence-electron chi connectivity index (χ0n) is 13.0. The van der Waals surface area contributed by atoms with Crippen LogP contribution in [0.5, 0.6) is 0 Å². The summed E-state index contributed by atoms with van der Waals surface area (Å²) in [6.07, 6.45) is 14.2. The maximum Gasteiger partial charge on any atom is 0.265 e. The van der Waals surface area contributed by atoms with Crippen molar-refractivity contribution in [1.82, 2.24) is 19.9 Å². The Hall–Kier alpha value is -1.82. The lowest BCUT2D eigenvalue weighted by molar-refractivity contribution is 0.0694. The third-order valence-corrected chi connectivity index (χ3v) is 6.01. The molecule has 3 heterocycles. The predicted molar refractivity (Wildman–Crippen MR) is 89.2 cm³/mol. The minimum Gasteiger partial charge on any atom is -0.335 e. The van der Waals surface area contributed by atoms with Crippen LogP contribution in [0, 0.1) is 5.92 Å².